The number of rotatable bonds is 6. The number of halogens is 2. The fourth-order valence-electron chi connectivity index (χ4n) is 1.21. The van der Waals surface area contributed by atoms with E-state index in [1.165, 1.54) is 7.11 Å². The summed E-state index contributed by atoms with van der Waals surface area (Å²) in [6, 6.07) is 4.98. The van der Waals surface area contributed by atoms with Crippen LogP contribution in [0.4, 0.5) is 0 Å². The van der Waals surface area contributed by atoms with Gasteiger partial charge in [-0.25, -0.2) is 0 Å². The molecule has 1 aromatic carbocycles. The lowest BCUT2D eigenvalue weighted by Gasteiger charge is -2.12. The molecular formula is C11H12Cl2O3. The number of carbonyl (C=O) groups excluding carboxylic acids is 1. The average molecular weight is 263 g/mol. The van der Waals surface area contributed by atoms with Crippen LogP contribution < -0.4 is 9.47 Å². The molecule has 16 heavy (non-hydrogen) atoms. The second-order valence-corrected chi connectivity index (χ2v) is 3.72. The van der Waals surface area contributed by atoms with Gasteiger partial charge in [-0.15, -0.1) is 11.6 Å². The predicted octanol–water partition coefficient (Wildman–Crippen LogP) is 3.08. The number of hydrogen-bond acceptors (Lipinski definition) is 3. The minimum atomic E-state index is -0.570. The normalized spacial score (nSPS) is 9.94. The minimum Gasteiger partial charge on any atom is -0.493 e. The molecule has 0 saturated heterocycles. The molecular weight excluding hydrogens is 251 g/mol. The van der Waals surface area contributed by atoms with E-state index >= 15 is 0 Å². The number of ether oxygens (including phenoxy) is 2. The molecule has 0 heterocycles. The van der Waals surface area contributed by atoms with Crippen LogP contribution in [0.1, 0.15) is 16.8 Å². The van der Waals surface area contributed by atoms with Gasteiger partial charge >= 0.3 is 0 Å². The zero-order chi connectivity index (χ0) is 12.0. The average Bonchev–Trinajstić information content (AvgIpc) is 2.29. The third kappa shape index (κ3) is 3.29. The Labute approximate surface area is 104 Å². The molecule has 0 N–H and O–H groups in total. The van der Waals surface area contributed by atoms with Gasteiger partial charge in [-0.3, -0.25) is 4.79 Å². The Bertz CT molecular complexity index is 366. The molecule has 0 unspecified atom stereocenters. The van der Waals surface area contributed by atoms with Crippen LogP contribution in [0.3, 0.4) is 0 Å². The number of benzene rings is 1. The molecule has 0 fully saturated rings. The molecule has 0 aliphatic rings. The van der Waals surface area contributed by atoms with Crippen LogP contribution in [-0.4, -0.2) is 24.8 Å². The summed E-state index contributed by atoms with van der Waals surface area (Å²) in [4.78, 5) is 11.2. The molecule has 5 heteroatoms. The van der Waals surface area contributed by atoms with E-state index in [0.717, 1.165) is 0 Å². The molecule has 0 amide bonds. The lowest BCUT2D eigenvalue weighted by atomic mass is 10.2. The Morgan fingerprint density at radius 1 is 1.44 bits per heavy atom. The molecule has 0 aliphatic carbocycles. The lowest BCUT2D eigenvalue weighted by molar-refractivity contribution is 0.107. The molecule has 1 rings (SSSR count). The third-order valence-electron chi connectivity index (χ3n) is 1.93. The lowest BCUT2D eigenvalue weighted by Crippen LogP contribution is -2.04. The van der Waals surface area contributed by atoms with E-state index in [0.29, 0.717) is 36.0 Å². The second-order valence-electron chi connectivity index (χ2n) is 3.00. The van der Waals surface area contributed by atoms with Crippen LogP contribution in [0.15, 0.2) is 18.2 Å². The highest BCUT2D eigenvalue weighted by atomic mass is 35.5. The van der Waals surface area contributed by atoms with Crippen LogP contribution in [0.25, 0.3) is 0 Å². The van der Waals surface area contributed by atoms with E-state index in [1.807, 2.05) is 0 Å². The molecule has 3 nitrogen and oxygen atoms in total. The Balaban J connectivity index is 2.95. The van der Waals surface area contributed by atoms with Crippen molar-refractivity contribution in [1.82, 2.24) is 0 Å². The Morgan fingerprint density at radius 2 is 2.19 bits per heavy atom. The fourth-order valence-corrected chi connectivity index (χ4v) is 1.47. The van der Waals surface area contributed by atoms with Crippen LogP contribution >= 0.6 is 23.2 Å². The van der Waals surface area contributed by atoms with E-state index < -0.39 is 5.24 Å². The van der Waals surface area contributed by atoms with Crippen molar-refractivity contribution in [3.63, 3.8) is 0 Å². The SMILES string of the molecule is COc1cccc(C(=O)Cl)c1OCCCCl. The first-order valence-corrected chi connectivity index (χ1v) is 5.67. The van der Waals surface area contributed by atoms with Crippen molar-refractivity contribution in [1.29, 1.82) is 0 Å². The van der Waals surface area contributed by atoms with Gasteiger partial charge in [-0.1, -0.05) is 6.07 Å². The number of alkyl halides is 1. The maximum Gasteiger partial charge on any atom is 0.256 e. The predicted molar refractivity (Wildman–Crippen MR) is 64.0 cm³/mol. The van der Waals surface area contributed by atoms with E-state index in [2.05, 4.69) is 0 Å². The number of methoxy groups -OCH3 is 1. The van der Waals surface area contributed by atoms with Crippen molar-refractivity contribution in [3.8, 4) is 11.5 Å². The fraction of sp³-hybridized carbons (Fsp3) is 0.364. The molecule has 0 atom stereocenters. The summed E-state index contributed by atoms with van der Waals surface area (Å²) >= 11 is 11.0. The van der Waals surface area contributed by atoms with Crippen molar-refractivity contribution < 1.29 is 14.3 Å². The standard InChI is InChI=1S/C11H12Cl2O3/c1-15-9-5-2-4-8(11(13)14)10(9)16-7-3-6-12/h2,4-5H,3,6-7H2,1H3. The van der Waals surface area contributed by atoms with Gasteiger partial charge in [-0.05, 0) is 30.2 Å². The number of hydrogen-bond donors (Lipinski definition) is 0. The Kier molecular flexibility index (Phi) is 5.43. The van der Waals surface area contributed by atoms with Gasteiger partial charge in [-0.2, -0.15) is 0 Å². The van der Waals surface area contributed by atoms with Gasteiger partial charge in [0.05, 0.1) is 19.3 Å². The van der Waals surface area contributed by atoms with E-state index in [4.69, 9.17) is 32.7 Å². The van der Waals surface area contributed by atoms with Crippen molar-refractivity contribution in [3.05, 3.63) is 23.8 Å². The van der Waals surface area contributed by atoms with Crippen molar-refractivity contribution >= 4 is 28.4 Å². The van der Waals surface area contributed by atoms with Crippen molar-refractivity contribution in [2.75, 3.05) is 19.6 Å². The van der Waals surface area contributed by atoms with E-state index in [1.54, 1.807) is 18.2 Å². The summed E-state index contributed by atoms with van der Waals surface area (Å²) in [5.41, 5.74) is 0.301. The minimum absolute atomic E-state index is 0.301. The van der Waals surface area contributed by atoms with Gasteiger partial charge in [0, 0.05) is 5.88 Å². The maximum atomic E-state index is 11.2. The summed E-state index contributed by atoms with van der Waals surface area (Å²) in [5, 5.41) is -0.570. The van der Waals surface area contributed by atoms with E-state index in [9.17, 15) is 4.79 Å². The monoisotopic (exact) mass is 262 g/mol. The molecule has 0 bridgehead atoms. The largest absolute Gasteiger partial charge is 0.493 e. The molecule has 0 aromatic heterocycles. The Morgan fingerprint density at radius 3 is 2.75 bits per heavy atom. The van der Waals surface area contributed by atoms with Gasteiger partial charge in [0.25, 0.3) is 5.24 Å². The topological polar surface area (TPSA) is 35.5 Å². The van der Waals surface area contributed by atoms with Crippen LogP contribution in [0.5, 0.6) is 11.5 Å². The first-order chi connectivity index (χ1) is 7.70. The smallest absolute Gasteiger partial charge is 0.256 e. The van der Waals surface area contributed by atoms with Gasteiger partial charge < -0.3 is 9.47 Å². The van der Waals surface area contributed by atoms with Crippen LogP contribution in [-0.2, 0) is 0 Å². The summed E-state index contributed by atoms with van der Waals surface area (Å²) in [5.74, 6) is 1.36. The quantitative estimate of drug-likeness (QED) is 0.449. The second kappa shape index (κ2) is 6.61. The molecule has 0 spiro atoms. The highest BCUT2D eigenvalue weighted by Crippen LogP contribution is 2.32. The molecule has 0 aliphatic heterocycles. The van der Waals surface area contributed by atoms with Crippen molar-refractivity contribution in [2.24, 2.45) is 0 Å². The van der Waals surface area contributed by atoms with E-state index in [-0.39, 0.29) is 0 Å². The highest BCUT2D eigenvalue weighted by molar-refractivity contribution is 6.68. The molecule has 1 aromatic rings. The van der Waals surface area contributed by atoms with Gasteiger partial charge in [0.2, 0.25) is 0 Å². The first kappa shape index (κ1) is 13.1. The summed E-state index contributed by atoms with van der Waals surface area (Å²) < 4.78 is 10.5. The van der Waals surface area contributed by atoms with Gasteiger partial charge in [0.1, 0.15) is 0 Å². The zero-order valence-corrected chi connectivity index (χ0v) is 10.3. The maximum absolute atomic E-state index is 11.2. The Hall–Kier alpha value is -0.930. The number of carbonyl (C=O) groups is 1. The zero-order valence-electron chi connectivity index (χ0n) is 8.83. The van der Waals surface area contributed by atoms with Crippen LogP contribution in [0, 0.1) is 0 Å². The van der Waals surface area contributed by atoms with Crippen LogP contribution in [0.2, 0.25) is 0 Å². The third-order valence-corrected chi connectivity index (χ3v) is 2.41. The highest BCUT2D eigenvalue weighted by Gasteiger charge is 2.14. The summed E-state index contributed by atoms with van der Waals surface area (Å²) in [7, 11) is 1.51. The molecule has 0 saturated carbocycles. The number of para-hydroxylation sites is 1. The molecule has 0 radical (unpaired) electrons. The van der Waals surface area contributed by atoms with Crippen molar-refractivity contribution in [2.45, 2.75) is 6.42 Å². The summed E-state index contributed by atoms with van der Waals surface area (Å²) in [6.07, 6.45) is 0.690. The first-order valence-electron chi connectivity index (χ1n) is 4.76. The summed E-state index contributed by atoms with van der Waals surface area (Å²) in [6.45, 7) is 0.418. The van der Waals surface area contributed by atoms with Gasteiger partial charge in [0.15, 0.2) is 11.5 Å². The molecule has 88 valence electrons.